The van der Waals surface area contributed by atoms with Gasteiger partial charge < -0.3 is 10.1 Å². The molecule has 1 aromatic rings. The smallest absolute Gasteiger partial charge is 0.387 e. The Morgan fingerprint density at radius 2 is 1.86 bits per heavy atom. The summed E-state index contributed by atoms with van der Waals surface area (Å²) >= 11 is 0. The Hall–Kier alpha value is -1.65. The zero-order valence-corrected chi connectivity index (χ0v) is 12.9. The number of benzene rings is 1. The molecule has 1 aliphatic rings. The molecule has 0 atom stereocenters. The molecule has 3 nitrogen and oxygen atoms in total. The molecule has 1 N–H and O–H groups in total. The second-order valence-electron chi connectivity index (χ2n) is 6.05. The van der Waals surface area contributed by atoms with Gasteiger partial charge in [0.15, 0.2) is 0 Å². The van der Waals surface area contributed by atoms with Crippen LogP contribution in [0.25, 0.3) is 0 Å². The lowest BCUT2D eigenvalue weighted by Gasteiger charge is -2.26. The van der Waals surface area contributed by atoms with E-state index in [9.17, 15) is 13.6 Å². The second-order valence-corrected chi connectivity index (χ2v) is 6.05. The monoisotopic (exact) mass is 311 g/mol. The highest BCUT2D eigenvalue weighted by molar-refractivity contribution is 5.76. The Morgan fingerprint density at radius 1 is 1.23 bits per heavy atom. The van der Waals surface area contributed by atoms with E-state index in [0.29, 0.717) is 18.9 Å². The topological polar surface area (TPSA) is 38.3 Å². The summed E-state index contributed by atoms with van der Waals surface area (Å²) in [6.07, 6.45) is 5.50. The summed E-state index contributed by atoms with van der Waals surface area (Å²) < 4.78 is 28.4. The molecule has 5 heteroatoms. The van der Waals surface area contributed by atoms with E-state index in [1.165, 1.54) is 25.0 Å². The van der Waals surface area contributed by atoms with Gasteiger partial charge in [-0.2, -0.15) is 8.78 Å². The van der Waals surface area contributed by atoms with Crippen LogP contribution < -0.4 is 10.1 Å². The van der Waals surface area contributed by atoms with Crippen LogP contribution in [-0.4, -0.2) is 18.6 Å². The lowest BCUT2D eigenvalue weighted by molar-refractivity contribution is -0.122. The first-order chi connectivity index (χ1) is 10.5. The number of rotatable bonds is 6. The predicted octanol–water partition coefficient (Wildman–Crippen LogP) is 3.92. The zero-order chi connectivity index (χ0) is 15.9. The normalized spacial score (nSPS) is 21.6. The molecule has 0 bridgehead atoms. The summed E-state index contributed by atoms with van der Waals surface area (Å²) in [6, 6.07) is 6.75. The number of ether oxygens (including phenoxy) is 1. The van der Waals surface area contributed by atoms with Crippen molar-refractivity contribution in [3.63, 3.8) is 0 Å². The maximum Gasteiger partial charge on any atom is 0.387 e. The van der Waals surface area contributed by atoms with E-state index in [0.717, 1.165) is 24.3 Å². The fraction of sp³-hybridized carbons (Fsp3) is 0.588. The van der Waals surface area contributed by atoms with Gasteiger partial charge in [0.2, 0.25) is 5.91 Å². The minimum absolute atomic E-state index is 0.0625. The number of nitrogens with one attached hydrogen (secondary N) is 1. The molecule has 0 spiro atoms. The highest BCUT2D eigenvalue weighted by Crippen LogP contribution is 2.23. The number of alkyl halides is 2. The maximum atomic E-state index is 12.0. The average molecular weight is 311 g/mol. The van der Waals surface area contributed by atoms with Gasteiger partial charge in [-0.15, -0.1) is 0 Å². The van der Waals surface area contributed by atoms with Crippen molar-refractivity contribution in [3.05, 3.63) is 29.8 Å². The lowest BCUT2D eigenvalue weighted by atomic mass is 9.87. The van der Waals surface area contributed by atoms with Gasteiger partial charge >= 0.3 is 6.61 Å². The molecule has 1 amide bonds. The van der Waals surface area contributed by atoms with E-state index in [-0.39, 0.29) is 11.7 Å². The van der Waals surface area contributed by atoms with E-state index in [1.807, 2.05) is 0 Å². The van der Waals surface area contributed by atoms with Crippen molar-refractivity contribution in [1.82, 2.24) is 5.32 Å². The minimum Gasteiger partial charge on any atom is -0.435 e. The molecule has 1 fully saturated rings. The van der Waals surface area contributed by atoms with E-state index in [1.54, 1.807) is 12.1 Å². The maximum absolute atomic E-state index is 12.0. The Morgan fingerprint density at radius 3 is 2.45 bits per heavy atom. The van der Waals surface area contributed by atoms with Gasteiger partial charge in [-0.25, -0.2) is 0 Å². The molecular weight excluding hydrogens is 288 g/mol. The van der Waals surface area contributed by atoms with Crippen molar-refractivity contribution >= 4 is 5.91 Å². The van der Waals surface area contributed by atoms with Crippen LogP contribution in [0.4, 0.5) is 8.78 Å². The van der Waals surface area contributed by atoms with Crippen molar-refractivity contribution in [2.75, 3.05) is 0 Å². The molecule has 0 aliphatic heterocycles. The zero-order valence-electron chi connectivity index (χ0n) is 12.9. The highest BCUT2D eigenvalue weighted by atomic mass is 19.3. The fourth-order valence-electron chi connectivity index (χ4n) is 2.80. The summed E-state index contributed by atoms with van der Waals surface area (Å²) in [6.45, 7) is -0.561. The van der Waals surface area contributed by atoms with Gasteiger partial charge in [-0.05, 0) is 55.7 Å². The van der Waals surface area contributed by atoms with Crippen molar-refractivity contribution in [2.24, 2.45) is 5.92 Å². The summed E-state index contributed by atoms with van der Waals surface area (Å²) in [5.74, 6) is 0.967. The van der Waals surface area contributed by atoms with E-state index in [4.69, 9.17) is 0 Å². The van der Waals surface area contributed by atoms with Gasteiger partial charge in [0.05, 0.1) is 0 Å². The minimum atomic E-state index is -2.81. The van der Waals surface area contributed by atoms with Crippen LogP contribution >= 0.6 is 0 Å². The molecule has 0 heterocycles. The summed E-state index contributed by atoms with van der Waals surface area (Å²) in [5.41, 5.74) is 0.939. The Bertz CT molecular complexity index is 468. The van der Waals surface area contributed by atoms with Crippen LogP contribution in [0.2, 0.25) is 0 Å². The van der Waals surface area contributed by atoms with Crippen molar-refractivity contribution in [3.8, 4) is 5.75 Å². The number of hydrogen-bond acceptors (Lipinski definition) is 2. The quantitative estimate of drug-likeness (QED) is 0.865. The van der Waals surface area contributed by atoms with Crippen LogP contribution in [0, 0.1) is 5.92 Å². The molecule has 0 saturated heterocycles. The standard InChI is InChI=1S/C17H23F2NO2/c1-12-2-7-14(8-3-12)20-16(21)11-6-13-4-9-15(10-5-13)22-17(18)19/h4-5,9-10,12,14,17H,2-3,6-8,11H2,1H3,(H,20,21). The SMILES string of the molecule is CC1CCC(NC(=O)CCc2ccc(OC(F)F)cc2)CC1. The van der Waals surface area contributed by atoms with E-state index < -0.39 is 6.61 Å². The molecule has 1 aromatic carbocycles. The number of amides is 1. The molecule has 0 radical (unpaired) electrons. The number of hydrogen-bond donors (Lipinski definition) is 1. The Kier molecular flexibility index (Phi) is 6.16. The third-order valence-electron chi connectivity index (χ3n) is 4.17. The third-order valence-corrected chi connectivity index (χ3v) is 4.17. The number of halogens is 2. The van der Waals surface area contributed by atoms with Gasteiger partial charge in [0.1, 0.15) is 5.75 Å². The van der Waals surface area contributed by atoms with Crippen LogP contribution in [0.3, 0.4) is 0 Å². The van der Waals surface area contributed by atoms with Crippen molar-refractivity contribution in [1.29, 1.82) is 0 Å². The molecular formula is C17H23F2NO2. The molecule has 0 unspecified atom stereocenters. The largest absolute Gasteiger partial charge is 0.435 e. The van der Waals surface area contributed by atoms with Crippen molar-refractivity contribution < 1.29 is 18.3 Å². The molecule has 0 aromatic heterocycles. The first-order valence-corrected chi connectivity index (χ1v) is 7.86. The summed E-state index contributed by atoms with van der Waals surface area (Å²) in [4.78, 5) is 11.9. The predicted molar refractivity (Wildman–Crippen MR) is 81.0 cm³/mol. The van der Waals surface area contributed by atoms with Crippen LogP contribution in [0.15, 0.2) is 24.3 Å². The van der Waals surface area contributed by atoms with Gasteiger partial charge in [0, 0.05) is 12.5 Å². The Labute approximate surface area is 130 Å². The number of aryl methyl sites for hydroxylation is 1. The van der Waals surface area contributed by atoms with Crippen molar-refractivity contribution in [2.45, 2.75) is 58.1 Å². The number of carbonyl (C=O) groups excluding carboxylic acids is 1. The van der Waals surface area contributed by atoms with Gasteiger partial charge in [-0.1, -0.05) is 19.1 Å². The Balaban J connectivity index is 1.71. The molecule has 122 valence electrons. The summed E-state index contributed by atoms with van der Waals surface area (Å²) in [5, 5.41) is 3.08. The van der Waals surface area contributed by atoms with Gasteiger partial charge in [0.25, 0.3) is 0 Å². The highest BCUT2D eigenvalue weighted by Gasteiger charge is 2.19. The average Bonchev–Trinajstić information content (AvgIpc) is 2.48. The third kappa shape index (κ3) is 5.62. The first-order valence-electron chi connectivity index (χ1n) is 7.86. The first kappa shape index (κ1) is 16.7. The van der Waals surface area contributed by atoms with Crippen LogP contribution in [0.1, 0.15) is 44.6 Å². The van der Waals surface area contributed by atoms with E-state index >= 15 is 0 Å². The van der Waals surface area contributed by atoms with Gasteiger partial charge in [-0.3, -0.25) is 4.79 Å². The van der Waals surface area contributed by atoms with E-state index in [2.05, 4.69) is 17.0 Å². The fourth-order valence-corrected chi connectivity index (χ4v) is 2.80. The second kappa shape index (κ2) is 8.11. The molecule has 1 aliphatic carbocycles. The van der Waals surface area contributed by atoms with Crippen LogP contribution in [-0.2, 0) is 11.2 Å². The molecule has 2 rings (SSSR count). The summed E-state index contributed by atoms with van der Waals surface area (Å²) in [7, 11) is 0. The lowest BCUT2D eigenvalue weighted by Crippen LogP contribution is -2.37. The number of carbonyl (C=O) groups is 1. The van der Waals surface area contributed by atoms with Crippen LogP contribution in [0.5, 0.6) is 5.75 Å². The molecule has 22 heavy (non-hydrogen) atoms. The molecule has 1 saturated carbocycles.